The fraction of sp³-hybridized carbons (Fsp3) is 0.167. The van der Waals surface area contributed by atoms with E-state index in [0.29, 0.717) is 11.4 Å². The van der Waals surface area contributed by atoms with Crippen LogP contribution >= 0.6 is 0 Å². The number of aromatic nitrogens is 2. The van der Waals surface area contributed by atoms with Gasteiger partial charge < -0.3 is 5.73 Å². The van der Waals surface area contributed by atoms with Gasteiger partial charge in [-0.05, 0) is 17.7 Å². The Bertz CT molecular complexity index is 502. The second-order valence-corrected chi connectivity index (χ2v) is 3.56. The van der Waals surface area contributed by atoms with Crippen molar-refractivity contribution in [1.29, 1.82) is 0 Å². The number of nitrogens with zero attached hydrogens (tertiary/aromatic N) is 2. The molecule has 0 saturated carbocycles. The predicted octanol–water partition coefficient (Wildman–Crippen LogP) is 1.85. The molecule has 1 aromatic carbocycles. The summed E-state index contributed by atoms with van der Waals surface area (Å²) in [6.45, 7) is 0.159. The molecule has 0 radical (unpaired) electrons. The highest BCUT2D eigenvalue weighted by molar-refractivity contribution is 5.28. The normalized spacial score (nSPS) is 12.4. The highest BCUT2D eigenvalue weighted by Gasteiger charge is 2.19. The summed E-state index contributed by atoms with van der Waals surface area (Å²) in [6, 6.07) is 5.07. The number of benzene rings is 1. The standard InChI is InChI=1S/C12H11F2N3/c13-8-2-3-9(11(14)6-8)10(7-15)12-16-4-1-5-17-12/h1-6,10H,7,15H2. The van der Waals surface area contributed by atoms with E-state index >= 15 is 0 Å². The summed E-state index contributed by atoms with van der Waals surface area (Å²) in [5.41, 5.74) is 5.91. The maximum absolute atomic E-state index is 13.6. The monoisotopic (exact) mass is 235 g/mol. The van der Waals surface area contributed by atoms with Crippen LogP contribution in [0.4, 0.5) is 8.78 Å². The van der Waals surface area contributed by atoms with Gasteiger partial charge in [0.15, 0.2) is 0 Å². The van der Waals surface area contributed by atoms with Crippen LogP contribution in [-0.4, -0.2) is 16.5 Å². The lowest BCUT2D eigenvalue weighted by atomic mass is 9.97. The number of halogens is 2. The molecule has 0 spiro atoms. The van der Waals surface area contributed by atoms with Gasteiger partial charge in [0.1, 0.15) is 17.5 Å². The van der Waals surface area contributed by atoms with Crippen molar-refractivity contribution in [1.82, 2.24) is 9.97 Å². The van der Waals surface area contributed by atoms with Crippen molar-refractivity contribution in [3.05, 3.63) is 59.7 Å². The van der Waals surface area contributed by atoms with Crippen LogP contribution in [0.25, 0.3) is 0 Å². The Hall–Kier alpha value is -1.88. The maximum atomic E-state index is 13.6. The number of hydrogen-bond acceptors (Lipinski definition) is 3. The smallest absolute Gasteiger partial charge is 0.137 e. The Labute approximate surface area is 97.3 Å². The van der Waals surface area contributed by atoms with Crippen LogP contribution in [0.1, 0.15) is 17.3 Å². The minimum atomic E-state index is -0.632. The third-order valence-corrected chi connectivity index (χ3v) is 2.47. The van der Waals surface area contributed by atoms with E-state index in [-0.39, 0.29) is 6.54 Å². The average molecular weight is 235 g/mol. The SMILES string of the molecule is NCC(c1ncccn1)c1ccc(F)cc1F. The van der Waals surface area contributed by atoms with Gasteiger partial charge >= 0.3 is 0 Å². The number of hydrogen-bond donors (Lipinski definition) is 1. The molecule has 0 aliphatic carbocycles. The first-order chi connectivity index (χ1) is 8.22. The Morgan fingerprint density at radius 2 is 1.88 bits per heavy atom. The van der Waals surface area contributed by atoms with E-state index in [1.165, 1.54) is 12.1 Å². The minimum Gasteiger partial charge on any atom is -0.329 e. The van der Waals surface area contributed by atoms with Gasteiger partial charge in [0, 0.05) is 25.0 Å². The first-order valence-electron chi connectivity index (χ1n) is 5.14. The Kier molecular flexibility index (Phi) is 3.39. The van der Waals surface area contributed by atoms with Crippen molar-refractivity contribution in [2.24, 2.45) is 5.73 Å². The average Bonchev–Trinajstić information content (AvgIpc) is 2.34. The van der Waals surface area contributed by atoms with Gasteiger partial charge in [-0.2, -0.15) is 0 Å². The molecule has 0 saturated heterocycles. The molecular formula is C12H11F2N3. The molecule has 0 fully saturated rings. The molecule has 3 nitrogen and oxygen atoms in total. The van der Waals surface area contributed by atoms with Crippen molar-refractivity contribution in [2.45, 2.75) is 5.92 Å². The Morgan fingerprint density at radius 1 is 1.18 bits per heavy atom. The van der Waals surface area contributed by atoms with Crippen molar-refractivity contribution < 1.29 is 8.78 Å². The molecule has 2 rings (SSSR count). The Morgan fingerprint density at radius 3 is 2.47 bits per heavy atom. The first kappa shape index (κ1) is 11.6. The first-order valence-corrected chi connectivity index (χ1v) is 5.14. The van der Waals surface area contributed by atoms with E-state index in [1.54, 1.807) is 18.5 Å². The molecular weight excluding hydrogens is 224 g/mol. The molecule has 2 N–H and O–H groups in total. The van der Waals surface area contributed by atoms with Crippen LogP contribution in [0, 0.1) is 11.6 Å². The lowest BCUT2D eigenvalue weighted by molar-refractivity contribution is 0.560. The van der Waals surface area contributed by atoms with Crippen molar-refractivity contribution in [2.75, 3.05) is 6.54 Å². The van der Waals surface area contributed by atoms with Crippen LogP contribution in [0.5, 0.6) is 0 Å². The largest absolute Gasteiger partial charge is 0.329 e. The number of nitrogens with two attached hydrogens (primary N) is 1. The quantitative estimate of drug-likeness (QED) is 0.883. The lowest BCUT2D eigenvalue weighted by Crippen LogP contribution is -2.17. The molecule has 17 heavy (non-hydrogen) atoms. The van der Waals surface area contributed by atoms with E-state index in [9.17, 15) is 8.78 Å². The fourth-order valence-corrected chi connectivity index (χ4v) is 1.65. The van der Waals surface area contributed by atoms with Crippen LogP contribution < -0.4 is 5.73 Å². The Balaban J connectivity index is 2.42. The summed E-state index contributed by atoms with van der Waals surface area (Å²) in [6.07, 6.45) is 3.12. The molecule has 0 aliphatic heterocycles. The zero-order valence-electron chi connectivity index (χ0n) is 8.98. The van der Waals surface area contributed by atoms with Gasteiger partial charge in [-0.15, -0.1) is 0 Å². The summed E-state index contributed by atoms with van der Waals surface area (Å²) in [4.78, 5) is 8.08. The highest BCUT2D eigenvalue weighted by Crippen LogP contribution is 2.23. The second-order valence-electron chi connectivity index (χ2n) is 3.56. The van der Waals surface area contributed by atoms with Gasteiger partial charge in [0.2, 0.25) is 0 Å². The van der Waals surface area contributed by atoms with Crippen molar-refractivity contribution in [3.63, 3.8) is 0 Å². The predicted molar refractivity (Wildman–Crippen MR) is 59.3 cm³/mol. The molecule has 1 heterocycles. The molecule has 5 heteroatoms. The van der Waals surface area contributed by atoms with Gasteiger partial charge in [-0.1, -0.05) is 6.07 Å². The molecule has 1 unspecified atom stereocenters. The zero-order valence-corrected chi connectivity index (χ0v) is 8.98. The molecule has 0 amide bonds. The molecule has 1 aromatic heterocycles. The van der Waals surface area contributed by atoms with Gasteiger partial charge in [0.05, 0.1) is 5.92 Å². The maximum Gasteiger partial charge on any atom is 0.137 e. The molecule has 1 atom stereocenters. The summed E-state index contributed by atoms with van der Waals surface area (Å²) < 4.78 is 26.4. The summed E-state index contributed by atoms with van der Waals surface area (Å²) in [5.74, 6) is -1.28. The van der Waals surface area contributed by atoms with Gasteiger partial charge in [-0.25, -0.2) is 18.7 Å². The molecule has 2 aromatic rings. The minimum absolute atomic E-state index is 0.159. The molecule has 88 valence electrons. The van der Waals surface area contributed by atoms with E-state index in [4.69, 9.17) is 5.73 Å². The molecule has 0 aliphatic rings. The third kappa shape index (κ3) is 2.45. The van der Waals surface area contributed by atoms with E-state index in [2.05, 4.69) is 9.97 Å². The van der Waals surface area contributed by atoms with Crippen molar-refractivity contribution >= 4 is 0 Å². The van der Waals surface area contributed by atoms with Crippen LogP contribution in [0.15, 0.2) is 36.7 Å². The van der Waals surface area contributed by atoms with Crippen LogP contribution in [0.3, 0.4) is 0 Å². The zero-order chi connectivity index (χ0) is 12.3. The van der Waals surface area contributed by atoms with E-state index < -0.39 is 17.6 Å². The number of rotatable bonds is 3. The van der Waals surface area contributed by atoms with E-state index in [1.807, 2.05) is 0 Å². The second kappa shape index (κ2) is 4.97. The topological polar surface area (TPSA) is 51.8 Å². The summed E-state index contributed by atoms with van der Waals surface area (Å²) in [7, 11) is 0. The van der Waals surface area contributed by atoms with Crippen molar-refractivity contribution in [3.8, 4) is 0 Å². The van der Waals surface area contributed by atoms with E-state index in [0.717, 1.165) is 6.07 Å². The van der Waals surface area contributed by atoms with Crippen LogP contribution in [0.2, 0.25) is 0 Å². The third-order valence-electron chi connectivity index (χ3n) is 2.47. The lowest BCUT2D eigenvalue weighted by Gasteiger charge is -2.14. The summed E-state index contributed by atoms with van der Waals surface area (Å²) in [5, 5.41) is 0. The molecule has 0 bridgehead atoms. The van der Waals surface area contributed by atoms with Crippen LogP contribution in [-0.2, 0) is 0 Å². The summed E-state index contributed by atoms with van der Waals surface area (Å²) >= 11 is 0. The fourth-order valence-electron chi connectivity index (χ4n) is 1.65. The highest BCUT2D eigenvalue weighted by atomic mass is 19.1. The van der Waals surface area contributed by atoms with Gasteiger partial charge in [-0.3, -0.25) is 0 Å². The van der Waals surface area contributed by atoms with Gasteiger partial charge in [0.25, 0.3) is 0 Å².